The molecule has 2 heterocycles. The molecule has 6 nitrogen and oxygen atoms in total. The maximum atomic E-state index is 5.01. The molecule has 103 valence electrons. The molecule has 0 unspecified atom stereocenters. The van der Waals surface area contributed by atoms with Crippen LogP contribution in [0.15, 0.2) is 24.8 Å². The van der Waals surface area contributed by atoms with Crippen molar-refractivity contribution >= 4 is 12.4 Å². The minimum Gasteiger partial charge on any atom is -0.493 e. The Hall–Kier alpha value is -0.941. The number of nitrogens with zero attached hydrogens (tertiary/aromatic N) is 6. The molecule has 1 radical (unpaired) electrons. The molecule has 18 heavy (non-hydrogen) atoms. The zero-order chi connectivity index (χ0) is 10.2. The third-order valence-electron chi connectivity index (χ3n) is 1.14. The summed E-state index contributed by atoms with van der Waals surface area (Å²) in [6.45, 7) is 10.0. The van der Waals surface area contributed by atoms with E-state index in [1.165, 1.54) is 22.0 Å². The van der Waals surface area contributed by atoms with Crippen molar-refractivity contribution in [1.82, 2.24) is 30.0 Å². The molecule has 0 aliphatic heterocycles. The Balaban J connectivity index is -0.0000000891. The van der Waals surface area contributed by atoms with Gasteiger partial charge in [0, 0.05) is 20.1 Å². The summed E-state index contributed by atoms with van der Waals surface area (Å²) in [5.74, 6) is 0. The molecular formula is C10H14Ir2N6-. The van der Waals surface area contributed by atoms with Crippen molar-refractivity contribution < 1.29 is 40.2 Å². The molecule has 0 saturated heterocycles. The van der Waals surface area contributed by atoms with E-state index in [0.29, 0.717) is 0 Å². The fourth-order valence-electron chi connectivity index (χ4n) is 0.606. The first-order valence-corrected chi connectivity index (χ1v) is 3.68. The number of aromatic nitrogens is 6. The molecule has 0 saturated carbocycles. The average Bonchev–Trinajstić information content (AvgIpc) is 2.92. The monoisotopic (exact) mass is 604 g/mol. The molecule has 0 N–H and O–H groups in total. The molecule has 2 aromatic rings. The molecular weight excluding hydrogens is 589 g/mol. The van der Waals surface area contributed by atoms with Crippen molar-refractivity contribution in [2.45, 2.75) is 0 Å². The fourth-order valence-corrected chi connectivity index (χ4v) is 0.606. The van der Waals surface area contributed by atoms with Crippen LogP contribution in [0.4, 0.5) is 0 Å². The Bertz CT molecular complexity index is 333. The van der Waals surface area contributed by atoms with Gasteiger partial charge in [-0.25, -0.2) is 0 Å². The maximum absolute atomic E-state index is 5.01. The van der Waals surface area contributed by atoms with E-state index in [1.54, 1.807) is 24.8 Å². The first-order valence-electron chi connectivity index (χ1n) is 3.68. The van der Waals surface area contributed by atoms with Gasteiger partial charge < -0.3 is 28.0 Å². The van der Waals surface area contributed by atoms with E-state index in [4.69, 9.17) is 13.2 Å². The van der Waals surface area contributed by atoms with Gasteiger partial charge in [-0.3, -0.25) is 0 Å². The van der Waals surface area contributed by atoms with Crippen LogP contribution >= 0.6 is 0 Å². The van der Waals surface area contributed by atoms with Crippen molar-refractivity contribution in [1.29, 1.82) is 0 Å². The van der Waals surface area contributed by atoms with Crippen molar-refractivity contribution in [3.63, 3.8) is 0 Å². The van der Waals surface area contributed by atoms with E-state index in [1.807, 2.05) is 0 Å². The van der Waals surface area contributed by atoms with Crippen molar-refractivity contribution in [2.24, 2.45) is 0 Å². The van der Waals surface area contributed by atoms with E-state index in [9.17, 15) is 0 Å². The van der Waals surface area contributed by atoms with E-state index in [-0.39, 0.29) is 55.1 Å². The Labute approximate surface area is 135 Å². The Morgan fingerprint density at radius 1 is 0.722 bits per heavy atom. The molecule has 0 fully saturated rings. The van der Waals surface area contributed by atoms with Gasteiger partial charge in [-0.05, 0) is 0 Å². The second-order valence-corrected chi connectivity index (χ2v) is 2.00. The third kappa shape index (κ3) is 10.2. The third-order valence-corrected chi connectivity index (χ3v) is 1.14. The first-order chi connectivity index (χ1) is 6.86. The minimum absolute atomic E-state index is 0. The van der Waals surface area contributed by atoms with E-state index in [0.717, 1.165) is 0 Å². The van der Waals surface area contributed by atoms with Crippen LogP contribution in [0.5, 0.6) is 0 Å². The predicted octanol–water partition coefficient (Wildman–Crippen LogP) is 1.26. The van der Waals surface area contributed by atoms with Gasteiger partial charge in [0.05, 0.1) is 24.8 Å². The SMILES string of the molecule is [CH-]=Cn1nccn1.[CH-]=Cn1nccn1.[CH3-].[CH3-].[Ir+3].[Ir]. The largest absolute Gasteiger partial charge is 3.00 e. The summed E-state index contributed by atoms with van der Waals surface area (Å²) in [6.07, 6.45) is 8.79. The van der Waals surface area contributed by atoms with Crippen LogP contribution in [0.25, 0.3) is 12.4 Å². The zero-order valence-corrected chi connectivity index (χ0v) is 14.8. The Morgan fingerprint density at radius 3 is 1.06 bits per heavy atom. The second-order valence-electron chi connectivity index (χ2n) is 2.00. The summed E-state index contributed by atoms with van der Waals surface area (Å²) < 4.78 is 0. The smallest absolute Gasteiger partial charge is 0.493 e. The molecule has 0 aromatic carbocycles. The number of hydrogen-bond acceptors (Lipinski definition) is 4. The van der Waals surface area contributed by atoms with Gasteiger partial charge in [-0.2, -0.15) is 30.0 Å². The number of hydrogen-bond donors (Lipinski definition) is 0. The molecule has 0 spiro atoms. The van der Waals surface area contributed by atoms with Gasteiger partial charge in [-0.1, -0.05) is 0 Å². The van der Waals surface area contributed by atoms with Crippen LogP contribution in [0.3, 0.4) is 0 Å². The Morgan fingerprint density at radius 2 is 0.944 bits per heavy atom. The molecule has 0 aliphatic carbocycles. The topological polar surface area (TPSA) is 61.4 Å². The standard InChI is InChI=1S/2C4H4N3.2CH3.2Ir/c2*1-2-7-5-3-4-6-7;;;;/h2*1-4H;2*1H3;;/q4*-1;;+3. The van der Waals surface area contributed by atoms with Gasteiger partial charge >= 0.3 is 20.1 Å². The predicted molar refractivity (Wildman–Crippen MR) is 63.0 cm³/mol. The van der Waals surface area contributed by atoms with E-state index in [2.05, 4.69) is 20.4 Å². The van der Waals surface area contributed by atoms with Crippen molar-refractivity contribution in [3.8, 4) is 0 Å². The van der Waals surface area contributed by atoms with Crippen molar-refractivity contribution in [3.05, 3.63) is 52.8 Å². The zero-order valence-electron chi connectivity index (χ0n) is 9.97. The molecule has 0 atom stereocenters. The minimum atomic E-state index is 0. The van der Waals surface area contributed by atoms with Crippen LogP contribution in [0.1, 0.15) is 0 Å². The molecule has 0 bridgehead atoms. The summed E-state index contributed by atoms with van der Waals surface area (Å²) in [7, 11) is 0. The van der Waals surface area contributed by atoms with Gasteiger partial charge in [0.25, 0.3) is 0 Å². The van der Waals surface area contributed by atoms with Gasteiger partial charge in [0.1, 0.15) is 0 Å². The van der Waals surface area contributed by atoms with Crippen LogP contribution in [-0.4, -0.2) is 30.0 Å². The van der Waals surface area contributed by atoms with Gasteiger partial charge in [0.2, 0.25) is 0 Å². The second kappa shape index (κ2) is 16.1. The first kappa shape index (κ1) is 25.8. The average molecular weight is 603 g/mol. The molecule has 2 rings (SSSR count). The van der Waals surface area contributed by atoms with Crippen molar-refractivity contribution in [2.75, 3.05) is 0 Å². The summed E-state index contributed by atoms with van der Waals surface area (Å²) in [5.41, 5.74) is 0. The Kier molecular flexibility index (Phi) is 23.0. The van der Waals surface area contributed by atoms with Crippen LogP contribution in [0.2, 0.25) is 0 Å². The molecule has 8 heteroatoms. The molecule has 2 aromatic heterocycles. The van der Waals surface area contributed by atoms with Crippen LogP contribution < -0.4 is 0 Å². The van der Waals surface area contributed by atoms with Gasteiger partial charge in [0.15, 0.2) is 0 Å². The van der Waals surface area contributed by atoms with E-state index >= 15 is 0 Å². The van der Waals surface area contributed by atoms with Crippen LogP contribution in [0, 0.1) is 28.0 Å². The van der Waals surface area contributed by atoms with Gasteiger partial charge in [-0.15, -0.1) is 12.4 Å². The fraction of sp³-hybridized carbons (Fsp3) is 0. The number of rotatable bonds is 2. The maximum Gasteiger partial charge on any atom is 3.00 e. The summed E-state index contributed by atoms with van der Waals surface area (Å²) >= 11 is 0. The summed E-state index contributed by atoms with van der Waals surface area (Å²) in [6, 6.07) is 0. The molecule has 0 aliphatic rings. The quantitative estimate of drug-likeness (QED) is 0.486. The summed E-state index contributed by atoms with van der Waals surface area (Å²) in [5, 5.41) is 14.6. The molecule has 0 amide bonds. The summed E-state index contributed by atoms with van der Waals surface area (Å²) in [4.78, 5) is 2.56. The van der Waals surface area contributed by atoms with Crippen LogP contribution in [-0.2, 0) is 40.2 Å². The van der Waals surface area contributed by atoms with E-state index < -0.39 is 0 Å². The normalized spacial score (nSPS) is 6.67.